The molecule has 0 aromatic rings. The first kappa shape index (κ1) is 20.9. The summed E-state index contributed by atoms with van der Waals surface area (Å²) in [5.41, 5.74) is 21.6. The van der Waals surface area contributed by atoms with E-state index in [1.807, 2.05) is 0 Å². The maximum atomic E-state index is 10.5. The molecule has 0 unspecified atom stereocenters. The van der Waals surface area contributed by atoms with Crippen LogP contribution < -0.4 is 8.19 Å². The third kappa shape index (κ3) is 31.3. The second kappa shape index (κ2) is 9.75. The molecule has 0 bridgehead atoms. The molecule has 0 radical (unpaired) electrons. The average Bonchev–Trinajstić information content (AvgIpc) is 1.81. The molecule has 0 fully saturated rings. The van der Waals surface area contributed by atoms with Crippen molar-refractivity contribution in [2.24, 2.45) is 0 Å². The molecule has 0 atom stereocenters. The van der Waals surface area contributed by atoms with Crippen molar-refractivity contribution in [1.29, 1.82) is 0 Å². The Morgan fingerprint density at radius 3 is 1.07 bits per heavy atom. The largest absolute Gasteiger partial charge is 2.00 e. The molecule has 0 aliphatic rings. The smallest absolute Gasteiger partial charge is 2.00 e. The van der Waals surface area contributed by atoms with Crippen LogP contribution >= 0.6 is 0 Å². The minimum Gasteiger partial charge on any atom is 2.00 e. The summed E-state index contributed by atoms with van der Waals surface area (Å²) in [5.74, 6) is 0. The van der Waals surface area contributed by atoms with E-state index in [4.69, 9.17) is 11.1 Å². The number of hydrogen-bond acceptors (Lipinski definition) is 2. The Bertz CT molecular complexity index is 344. The zero-order valence-corrected chi connectivity index (χ0v) is 18.5. The van der Waals surface area contributed by atoms with Gasteiger partial charge in [-0.15, -0.1) is 0 Å². The van der Waals surface area contributed by atoms with Gasteiger partial charge in [-0.3, -0.25) is 0 Å². The van der Waals surface area contributed by atoms with Crippen LogP contribution in [0, 0.1) is 0 Å². The van der Waals surface area contributed by atoms with Crippen LogP contribution in [0.4, 0.5) is 0 Å². The Balaban J connectivity index is -0.000000180. The molecule has 0 rings (SSSR count). The molecular formula is C6H12As2HgN4O2. The molecule has 0 saturated heterocycles. The molecular weight excluding hydrogens is 511 g/mol. The summed E-state index contributed by atoms with van der Waals surface area (Å²) < 4.78 is 25.2. The van der Waals surface area contributed by atoms with Crippen molar-refractivity contribution in [2.45, 2.75) is 22.8 Å². The maximum absolute atomic E-state index is 10.5. The second-order valence-corrected chi connectivity index (χ2v) is 15.3. The van der Waals surface area contributed by atoms with Gasteiger partial charge in [0.2, 0.25) is 0 Å². The number of rotatable bonds is 0. The average molecular weight is 523 g/mol. The van der Waals surface area contributed by atoms with Gasteiger partial charge in [0.05, 0.1) is 0 Å². The van der Waals surface area contributed by atoms with Crippen molar-refractivity contribution in [2.75, 3.05) is 0 Å². The van der Waals surface area contributed by atoms with Crippen LogP contribution in [0.15, 0.2) is 0 Å². The number of nitrogens with zero attached hydrogens (tertiary/aromatic N) is 4. The first-order valence-electron chi connectivity index (χ1n) is 3.45. The fraction of sp³-hybridized carbons (Fsp3) is 0.667. The third-order valence-corrected chi connectivity index (χ3v) is 2.97. The van der Waals surface area contributed by atoms with Crippen molar-refractivity contribution in [3.05, 3.63) is 11.1 Å². The summed E-state index contributed by atoms with van der Waals surface area (Å²) in [7, 11) is 0. The van der Waals surface area contributed by atoms with Crippen molar-refractivity contribution < 1.29 is 45.4 Å². The molecule has 80 valence electrons. The van der Waals surface area contributed by atoms with Crippen molar-refractivity contribution >= 4 is 36.1 Å². The molecule has 9 heteroatoms. The van der Waals surface area contributed by atoms with E-state index in [9.17, 15) is 8.19 Å². The SMILES string of the molecule is C[As](C)([O-])=C=[N+]=[N-].C[As](C)([O-])=C=[N+]=[N-].[Hg+2]. The van der Waals surface area contributed by atoms with Crippen molar-refractivity contribution in [3.8, 4) is 0 Å². The fourth-order valence-corrected chi connectivity index (χ4v) is 1.12. The molecule has 15 heavy (non-hydrogen) atoms. The monoisotopic (exact) mass is 524 g/mol. The van der Waals surface area contributed by atoms with Gasteiger partial charge in [-0.25, -0.2) is 0 Å². The topological polar surface area (TPSA) is 119 Å². The predicted octanol–water partition coefficient (Wildman–Crippen LogP) is -1.47. The van der Waals surface area contributed by atoms with E-state index < -0.39 is 26.9 Å². The van der Waals surface area contributed by atoms with Crippen LogP contribution in [0.1, 0.15) is 0 Å². The minimum absolute atomic E-state index is 0. The van der Waals surface area contributed by atoms with Crippen LogP contribution in [0.25, 0.3) is 11.1 Å². The van der Waals surface area contributed by atoms with Gasteiger partial charge >= 0.3 is 115 Å². The molecule has 6 nitrogen and oxygen atoms in total. The van der Waals surface area contributed by atoms with Crippen LogP contribution in [-0.4, -0.2) is 45.7 Å². The van der Waals surface area contributed by atoms with E-state index in [-0.39, 0.29) is 27.7 Å². The molecule has 0 aromatic heterocycles. The van der Waals surface area contributed by atoms with Gasteiger partial charge in [0.15, 0.2) is 0 Å². The van der Waals surface area contributed by atoms with Gasteiger partial charge in [-0.05, 0) is 0 Å². The molecule has 0 heterocycles. The van der Waals surface area contributed by atoms with Gasteiger partial charge in [0.25, 0.3) is 0 Å². The molecule has 0 spiro atoms. The van der Waals surface area contributed by atoms with Gasteiger partial charge < -0.3 is 0 Å². The van der Waals surface area contributed by atoms with Gasteiger partial charge in [0.1, 0.15) is 0 Å². The Morgan fingerprint density at radius 1 is 0.867 bits per heavy atom. The normalized spacial score (nSPS) is 8.93. The summed E-state index contributed by atoms with van der Waals surface area (Å²) in [6.45, 7) is 0. The molecule has 0 saturated carbocycles. The van der Waals surface area contributed by atoms with Gasteiger partial charge in [0, 0.05) is 0 Å². The second-order valence-electron chi connectivity index (χ2n) is 3.10. The summed E-state index contributed by atoms with van der Waals surface area (Å²) in [6.07, 6.45) is 0. The number of hydrogen-bond donors (Lipinski definition) is 0. The standard InChI is InChI=1S/2C3H6AsN2O.Hg/c2*1-4(2,7)3-6-5;/h2*1-2H3;/q2*-1;+2. The van der Waals surface area contributed by atoms with E-state index in [1.54, 1.807) is 0 Å². The fourth-order valence-electron chi connectivity index (χ4n) is 0.215. The van der Waals surface area contributed by atoms with Crippen LogP contribution in [0.2, 0.25) is 22.8 Å². The van der Waals surface area contributed by atoms with E-state index in [0.717, 1.165) is 0 Å². The molecule has 0 aliphatic carbocycles. The third-order valence-electron chi connectivity index (χ3n) is 0.571. The van der Waals surface area contributed by atoms with E-state index in [0.29, 0.717) is 0 Å². The minimum atomic E-state index is -2.86. The zero-order chi connectivity index (χ0) is 11.8. The Labute approximate surface area is 114 Å². The van der Waals surface area contributed by atoms with Gasteiger partial charge in [-0.1, -0.05) is 0 Å². The summed E-state index contributed by atoms with van der Waals surface area (Å²) in [6, 6.07) is 0. The van der Waals surface area contributed by atoms with E-state index in [2.05, 4.69) is 18.8 Å². The summed E-state index contributed by atoms with van der Waals surface area (Å²) in [4.78, 5) is 5.04. The summed E-state index contributed by atoms with van der Waals surface area (Å²) >= 11 is -5.72. The summed E-state index contributed by atoms with van der Waals surface area (Å²) in [5, 5.41) is 0. The van der Waals surface area contributed by atoms with Crippen molar-refractivity contribution in [1.82, 2.24) is 0 Å². The van der Waals surface area contributed by atoms with E-state index in [1.165, 1.54) is 22.8 Å². The van der Waals surface area contributed by atoms with Crippen LogP contribution in [0.5, 0.6) is 0 Å². The Hall–Kier alpha value is 0.552. The van der Waals surface area contributed by atoms with E-state index >= 15 is 0 Å². The van der Waals surface area contributed by atoms with Crippen LogP contribution in [0.3, 0.4) is 0 Å². The predicted molar refractivity (Wildman–Crippen MR) is 52.2 cm³/mol. The molecule has 0 amide bonds. The van der Waals surface area contributed by atoms with Crippen molar-refractivity contribution in [3.63, 3.8) is 0 Å². The first-order valence-corrected chi connectivity index (χ1v) is 14.4. The Kier molecular flexibility index (Phi) is 13.6. The first-order chi connectivity index (χ1) is 6.12. The quantitative estimate of drug-likeness (QED) is 0.167. The zero-order valence-electron chi connectivity index (χ0n) is 9.21. The van der Waals surface area contributed by atoms with Gasteiger partial charge in [-0.2, -0.15) is 0 Å². The Morgan fingerprint density at radius 2 is 1.07 bits per heavy atom. The molecule has 0 N–H and O–H groups in total. The van der Waals surface area contributed by atoms with Crippen LogP contribution in [-0.2, 0) is 27.7 Å². The molecule has 0 aliphatic heterocycles. The molecule has 0 aromatic carbocycles. The maximum Gasteiger partial charge on any atom is 2.00 e.